The van der Waals surface area contributed by atoms with Crippen LogP contribution >= 0.6 is 0 Å². The monoisotopic (exact) mass is 325 g/mol. The highest BCUT2D eigenvalue weighted by Gasteiger charge is 2.21. The maximum atomic E-state index is 11.4. The third kappa shape index (κ3) is 3.40. The van der Waals surface area contributed by atoms with Gasteiger partial charge in [0, 0.05) is 6.92 Å². The standard InChI is InChI=1S/C19H19NO4/c1-12(21)20-18(19(22)23)16-5-2-4-13(11-16)14-7-8-17-15(10-14)6-3-9-24-17/h2,4-5,7-8,10-11,18H,3,6,9H2,1H3,(H,20,21)(H,22,23). The molecule has 2 aromatic rings. The van der Waals surface area contributed by atoms with Crippen molar-refractivity contribution in [3.05, 3.63) is 53.6 Å². The molecule has 1 aliphatic rings. The first-order valence-electron chi connectivity index (χ1n) is 7.90. The quantitative estimate of drug-likeness (QED) is 0.906. The Kier molecular flexibility index (Phi) is 4.51. The molecule has 0 spiro atoms. The van der Waals surface area contributed by atoms with Gasteiger partial charge in [-0.05, 0) is 53.3 Å². The van der Waals surface area contributed by atoms with E-state index in [1.807, 2.05) is 18.2 Å². The summed E-state index contributed by atoms with van der Waals surface area (Å²) < 4.78 is 5.63. The van der Waals surface area contributed by atoms with Crippen LogP contribution in [-0.2, 0) is 16.0 Å². The van der Waals surface area contributed by atoms with Gasteiger partial charge in [0.2, 0.25) is 5.91 Å². The zero-order valence-corrected chi connectivity index (χ0v) is 13.4. The molecule has 0 radical (unpaired) electrons. The fraction of sp³-hybridized carbons (Fsp3) is 0.263. The molecule has 124 valence electrons. The van der Waals surface area contributed by atoms with Gasteiger partial charge in [-0.25, -0.2) is 4.79 Å². The van der Waals surface area contributed by atoms with Gasteiger partial charge in [-0.2, -0.15) is 0 Å². The number of fused-ring (bicyclic) bond motifs is 1. The topological polar surface area (TPSA) is 75.6 Å². The van der Waals surface area contributed by atoms with Gasteiger partial charge >= 0.3 is 5.97 Å². The minimum atomic E-state index is -1.08. The lowest BCUT2D eigenvalue weighted by Crippen LogP contribution is -2.31. The normalized spacial score (nSPS) is 14.2. The van der Waals surface area contributed by atoms with Gasteiger partial charge in [0.05, 0.1) is 6.61 Å². The lowest BCUT2D eigenvalue weighted by atomic mass is 9.96. The highest BCUT2D eigenvalue weighted by atomic mass is 16.5. The Morgan fingerprint density at radius 2 is 1.96 bits per heavy atom. The molecule has 3 rings (SSSR count). The SMILES string of the molecule is CC(=O)NC(C(=O)O)c1cccc(-c2ccc3c(c2)CCCO3)c1. The Labute approximate surface area is 140 Å². The van der Waals surface area contributed by atoms with E-state index in [0.717, 1.165) is 36.3 Å². The molecule has 1 heterocycles. The first kappa shape index (κ1) is 16.1. The maximum Gasteiger partial charge on any atom is 0.330 e. The summed E-state index contributed by atoms with van der Waals surface area (Å²) in [7, 11) is 0. The second-order valence-electron chi connectivity index (χ2n) is 5.87. The minimum absolute atomic E-state index is 0.376. The van der Waals surface area contributed by atoms with Crippen molar-refractivity contribution in [3.63, 3.8) is 0 Å². The summed E-state index contributed by atoms with van der Waals surface area (Å²) in [5, 5.41) is 11.8. The van der Waals surface area contributed by atoms with Crippen molar-refractivity contribution >= 4 is 11.9 Å². The van der Waals surface area contributed by atoms with E-state index in [9.17, 15) is 14.7 Å². The Bertz CT molecular complexity index is 785. The number of carbonyl (C=O) groups is 2. The van der Waals surface area contributed by atoms with Gasteiger partial charge < -0.3 is 15.2 Å². The van der Waals surface area contributed by atoms with Crippen molar-refractivity contribution in [1.29, 1.82) is 0 Å². The molecular weight excluding hydrogens is 306 g/mol. The molecule has 0 bridgehead atoms. The second-order valence-corrected chi connectivity index (χ2v) is 5.87. The predicted octanol–water partition coefficient (Wildman–Crippen LogP) is 2.94. The van der Waals surface area contributed by atoms with Crippen molar-refractivity contribution in [2.45, 2.75) is 25.8 Å². The summed E-state index contributed by atoms with van der Waals surface area (Å²) in [6.45, 7) is 2.06. The molecule has 5 heteroatoms. The number of benzene rings is 2. The summed E-state index contributed by atoms with van der Waals surface area (Å²) in [5.74, 6) is -0.539. The minimum Gasteiger partial charge on any atom is -0.493 e. The molecule has 1 unspecified atom stereocenters. The third-order valence-corrected chi connectivity index (χ3v) is 4.06. The average Bonchev–Trinajstić information content (AvgIpc) is 2.59. The maximum absolute atomic E-state index is 11.4. The van der Waals surface area contributed by atoms with E-state index in [2.05, 4.69) is 11.4 Å². The van der Waals surface area contributed by atoms with Crippen LogP contribution in [0.15, 0.2) is 42.5 Å². The van der Waals surface area contributed by atoms with Crippen molar-refractivity contribution < 1.29 is 19.4 Å². The summed E-state index contributed by atoms with van der Waals surface area (Å²) in [6.07, 6.45) is 1.98. The average molecular weight is 325 g/mol. The van der Waals surface area contributed by atoms with Gasteiger partial charge in [0.1, 0.15) is 5.75 Å². The van der Waals surface area contributed by atoms with Crippen molar-refractivity contribution in [2.24, 2.45) is 0 Å². The number of aryl methyl sites for hydroxylation is 1. The molecule has 0 aromatic heterocycles. The molecule has 0 fully saturated rings. The Morgan fingerprint density at radius 3 is 2.71 bits per heavy atom. The summed E-state index contributed by atoms with van der Waals surface area (Å²) >= 11 is 0. The van der Waals surface area contributed by atoms with Gasteiger partial charge in [0.15, 0.2) is 6.04 Å². The first-order valence-corrected chi connectivity index (χ1v) is 7.90. The van der Waals surface area contributed by atoms with Crippen LogP contribution in [0.5, 0.6) is 5.75 Å². The molecular formula is C19H19NO4. The van der Waals surface area contributed by atoms with Crippen LogP contribution in [-0.4, -0.2) is 23.6 Å². The van der Waals surface area contributed by atoms with E-state index in [1.54, 1.807) is 18.2 Å². The van der Waals surface area contributed by atoms with Crippen LogP contribution in [0.3, 0.4) is 0 Å². The third-order valence-electron chi connectivity index (χ3n) is 4.06. The van der Waals surface area contributed by atoms with E-state index >= 15 is 0 Å². The molecule has 0 saturated heterocycles. The molecule has 1 aliphatic heterocycles. The lowest BCUT2D eigenvalue weighted by molar-refractivity contribution is -0.141. The fourth-order valence-electron chi connectivity index (χ4n) is 2.93. The number of ether oxygens (including phenoxy) is 1. The zero-order valence-electron chi connectivity index (χ0n) is 13.4. The van der Waals surface area contributed by atoms with Gasteiger partial charge in [0.25, 0.3) is 0 Å². The highest BCUT2D eigenvalue weighted by Crippen LogP contribution is 2.31. The van der Waals surface area contributed by atoms with Crippen LogP contribution in [0.1, 0.15) is 30.5 Å². The number of carbonyl (C=O) groups excluding carboxylic acids is 1. The van der Waals surface area contributed by atoms with Crippen LogP contribution < -0.4 is 10.1 Å². The van der Waals surface area contributed by atoms with Crippen molar-refractivity contribution in [1.82, 2.24) is 5.32 Å². The number of amides is 1. The van der Waals surface area contributed by atoms with E-state index in [1.165, 1.54) is 12.5 Å². The number of aliphatic carboxylic acids is 1. The number of hydrogen-bond acceptors (Lipinski definition) is 3. The van der Waals surface area contributed by atoms with Gasteiger partial charge in [-0.1, -0.05) is 24.3 Å². The molecule has 2 aromatic carbocycles. The van der Waals surface area contributed by atoms with E-state index in [-0.39, 0.29) is 5.91 Å². The Balaban J connectivity index is 1.95. The molecule has 24 heavy (non-hydrogen) atoms. The van der Waals surface area contributed by atoms with Gasteiger partial charge in [-0.15, -0.1) is 0 Å². The Hall–Kier alpha value is -2.82. The van der Waals surface area contributed by atoms with E-state index < -0.39 is 12.0 Å². The zero-order chi connectivity index (χ0) is 17.1. The fourth-order valence-corrected chi connectivity index (χ4v) is 2.93. The number of carboxylic acid groups (broad SMARTS) is 1. The highest BCUT2D eigenvalue weighted by molar-refractivity contribution is 5.83. The molecule has 0 saturated carbocycles. The number of nitrogens with one attached hydrogen (secondary N) is 1. The van der Waals surface area contributed by atoms with Crippen LogP contribution in [0.2, 0.25) is 0 Å². The largest absolute Gasteiger partial charge is 0.493 e. The predicted molar refractivity (Wildman–Crippen MR) is 89.9 cm³/mol. The summed E-state index contributed by atoms with van der Waals surface area (Å²) in [4.78, 5) is 22.7. The molecule has 5 nitrogen and oxygen atoms in total. The first-order chi connectivity index (χ1) is 11.5. The molecule has 1 atom stereocenters. The Morgan fingerprint density at radius 1 is 1.17 bits per heavy atom. The molecule has 2 N–H and O–H groups in total. The number of hydrogen-bond donors (Lipinski definition) is 2. The van der Waals surface area contributed by atoms with Crippen molar-refractivity contribution in [2.75, 3.05) is 6.61 Å². The smallest absolute Gasteiger partial charge is 0.330 e. The number of carboxylic acids is 1. The van der Waals surface area contributed by atoms with Crippen molar-refractivity contribution in [3.8, 4) is 16.9 Å². The van der Waals surface area contributed by atoms with Crippen LogP contribution in [0.4, 0.5) is 0 Å². The van der Waals surface area contributed by atoms with Crippen LogP contribution in [0.25, 0.3) is 11.1 Å². The molecule has 0 aliphatic carbocycles. The second kappa shape index (κ2) is 6.74. The van der Waals surface area contributed by atoms with Crippen LogP contribution in [0, 0.1) is 0 Å². The lowest BCUT2D eigenvalue weighted by Gasteiger charge is -2.18. The number of rotatable bonds is 4. The van der Waals surface area contributed by atoms with E-state index in [4.69, 9.17) is 4.74 Å². The summed E-state index contributed by atoms with van der Waals surface area (Å²) in [5.41, 5.74) is 3.63. The van der Waals surface area contributed by atoms with Gasteiger partial charge in [-0.3, -0.25) is 4.79 Å². The molecule has 1 amide bonds. The van der Waals surface area contributed by atoms with E-state index in [0.29, 0.717) is 5.56 Å². The summed E-state index contributed by atoms with van der Waals surface area (Å²) in [6, 6.07) is 12.2.